The van der Waals surface area contributed by atoms with Crippen LogP contribution in [0.5, 0.6) is 5.88 Å². The Bertz CT molecular complexity index is 564. The number of aryl methyl sites for hydroxylation is 1. The van der Waals surface area contributed by atoms with E-state index in [0.717, 1.165) is 31.4 Å². The summed E-state index contributed by atoms with van der Waals surface area (Å²) >= 11 is 6.04. The normalized spacial score (nSPS) is 24.3. The minimum atomic E-state index is 0.159. The molecule has 0 saturated carbocycles. The molecule has 1 aromatic heterocycles. The smallest absolute Gasteiger partial charge is 0.220 e. The largest absolute Gasteiger partial charge is 0.481 e. The van der Waals surface area contributed by atoms with Crippen LogP contribution in [-0.2, 0) is 11.2 Å². The van der Waals surface area contributed by atoms with Gasteiger partial charge in [-0.25, -0.2) is 4.98 Å². The zero-order valence-electron chi connectivity index (χ0n) is 12.4. The summed E-state index contributed by atoms with van der Waals surface area (Å²) in [4.78, 5) is 17.9. The average molecular weight is 310 g/mol. The SMILES string of the molecule is COc1nc(Cl)cc2c1[C@@H](N(C)C[C@@H]1CCC(=O)N1)CC2. The molecule has 1 aromatic rings. The van der Waals surface area contributed by atoms with E-state index in [4.69, 9.17) is 16.3 Å². The van der Waals surface area contributed by atoms with E-state index in [1.165, 1.54) is 5.56 Å². The van der Waals surface area contributed by atoms with Crippen LogP contribution in [-0.4, -0.2) is 42.5 Å². The van der Waals surface area contributed by atoms with Gasteiger partial charge in [-0.3, -0.25) is 9.69 Å². The van der Waals surface area contributed by atoms with E-state index in [-0.39, 0.29) is 18.0 Å². The first-order valence-electron chi connectivity index (χ1n) is 7.31. The van der Waals surface area contributed by atoms with Crippen molar-refractivity contribution in [2.75, 3.05) is 20.7 Å². The van der Waals surface area contributed by atoms with E-state index < -0.39 is 0 Å². The lowest BCUT2D eigenvalue weighted by Gasteiger charge is -2.28. The molecular weight excluding hydrogens is 290 g/mol. The van der Waals surface area contributed by atoms with Crippen LogP contribution in [0.3, 0.4) is 0 Å². The van der Waals surface area contributed by atoms with Gasteiger partial charge in [0.25, 0.3) is 0 Å². The molecule has 3 rings (SSSR count). The molecule has 1 saturated heterocycles. The third-order valence-electron chi connectivity index (χ3n) is 4.42. The van der Waals surface area contributed by atoms with E-state index in [9.17, 15) is 4.79 Å². The van der Waals surface area contributed by atoms with Gasteiger partial charge in [-0.2, -0.15) is 0 Å². The molecular formula is C15H20ClN3O2. The Morgan fingerprint density at radius 3 is 2.95 bits per heavy atom. The molecule has 1 aliphatic carbocycles. The number of aromatic nitrogens is 1. The fourth-order valence-electron chi connectivity index (χ4n) is 3.43. The minimum absolute atomic E-state index is 0.159. The van der Waals surface area contributed by atoms with Crippen LogP contribution in [0.15, 0.2) is 6.07 Å². The zero-order valence-corrected chi connectivity index (χ0v) is 13.1. The summed E-state index contributed by atoms with van der Waals surface area (Å²) in [5.74, 6) is 0.786. The number of methoxy groups -OCH3 is 1. The van der Waals surface area contributed by atoms with Gasteiger partial charge in [0.15, 0.2) is 0 Å². The van der Waals surface area contributed by atoms with Crippen LogP contribution < -0.4 is 10.1 Å². The van der Waals surface area contributed by atoms with Crippen LogP contribution in [0.1, 0.15) is 36.4 Å². The van der Waals surface area contributed by atoms with E-state index in [2.05, 4.69) is 22.2 Å². The summed E-state index contributed by atoms with van der Waals surface area (Å²) in [7, 11) is 3.73. The highest BCUT2D eigenvalue weighted by molar-refractivity contribution is 6.29. The number of ether oxygens (including phenoxy) is 1. The second-order valence-corrected chi connectivity index (χ2v) is 6.21. The van der Waals surface area contributed by atoms with Crippen molar-refractivity contribution in [1.82, 2.24) is 15.2 Å². The number of amides is 1. The number of halogens is 1. The van der Waals surface area contributed by atoms with Crippen molar-refractivity contribution < 1.29 is 9.53 Å². The molecule has 1 amide bonds. The predicted octanol–water partition coefficient (Wildman–Crippen LogP) is 1.94. The first-order chi connectivity index (χ1) is 10.1. The summed E-state index contributed by atoms with van der Waals surface area (Å²) in [6.07, 6.45) is 3.57. The van der Waals surface area contributed by atoms with Gasteiger partial charge in [0.05, 0.1) is 7.11 Å². The maximum absolute atomic E-state index is 11.3. The topological polar surface area (TPSA) is 54.5 Å². The molecule has 0 unspecified atom stereocenters. The number of pyridine rings is 1. The lowest BCUT2D eigenvalue weighted by Crippen LogP contribution is -2.38. The summed E-state index contributed by atoms with van der Waals surface area (Å²) < 4.78 is 5.41. The van der Waals surface area contributed by atoms with E-state index in [1.54, 1.807) is 7.11 Å². The monoisotopic (exact) mass is 309 g/mol. The second kappa shape index (κ2) is 5.81. The van der Waals surface area contributed by atoms with Crippen molar-refractivity contribution in [3.8, 4) is 5.88 Å². The van der Waals surface area contributed by atoms with Gasteiger partial charge in [-0.15, -0.1) is 0 Å². The molecule has 21 heavy (non-hydrogen) atoms. The molecule has 1 fully saturated rings. The highest BCUT2D eigenvalue weighted by Crippen LogP contribution is 2.41. The molecule has 2 atom stereocenters. The minimum Gasteiger partial charge on any atom is -0.481 e. The van der Waals surface area contributed by atoms with Gasteiger partial charge in [0.1, 0.15) is 5.15 Å². The third-order valence-corrected chi connectivity index (χ3v) is 4.61. The maximum Gasteiger partial charge on any atom is 0.220 e. The van der Waals surface area contributed by atoms with Gasteiger partial charge in [0, 0.05) is 30.6 Å². The summed E-state index contributed by atoms with van der Waals surface area (Å²) in [5, 5.41) is 3.50. The highest BCUT2D eigenvalue weighted by Gasteiger charge is 2.32. The lowest BCUT2D eigenvalue weighted by atomic mass is 10.1. The Morgan fingerprint density at radius 1 is 1.48 bits per heavy atom. The van der Waals surface area contributed by atoms with Gasteiger partial charge in [0.2, 0.25) is 11.8 Å². The molecule has 2 heterocycles. The lowest BCUT2D eigenvalue weighted by molar-refractivity contribution is -0.119. The highest BCUT2D eigenvalue weighted by atomic mass is 35.5. The van der Waals surface area contributed by atoms with Crippen LogP contribution in [0.2, 0.25) is 5.15 Å². The molecule has 0 bridgehead atoms. The molecule has 1 N–H and O–H groups in total. The fourth-order valence-corrected chi connectivity index (χ4v) is 3.64. The Hall–Kier alpha value is -1.33. The number of likely N-dealkylation sites (N-methyl/N-ethyl adjacent to an activating group) is 1. The standard InChI is InChI=1S/C15H20ClN3O2/c1-19(8-10-4-6-13(20)17-10)11-5-3-9-7-12(16)18-15(21-2)14(9)11/h7,10-11H,3-6,8H2,1-2H3,(H,17,20)/t10-,11-/m0/s1. The molecule has 2 aliphatic rings. The Kier molecular flexibility index (Phi) is 4.04. The van der Waals surface area contributed by atoms with Crippen molar-refractivity contribution in [2.24, 2.45) is 0 Å². The van der Waals surface area contributed by atoms with Gasteiger partial charge in [-0.05, 0) is 37.9 Å². The fraction of sp³-hybridized carbons (Fsp3) is 0.600. The first-order valence-corrected chi connectivity index (χ1v) is 7.69. The summed E-state index contributed by atoms with van der Waals surface area (Å²) in [6, 6.07) is 2.46. The van der Waals surface area contributed by atoms with Crippen LogP contribution in [0.25, 0.3) is 0 Å². The van der Waals surface area contributed by atoms with Crippen molar-refractivity contribution in [2.45, 2.75) is 37.8 Å². The van der Waals surface area contributed by atoms with Crippen LogP contribution in [0, 0.1) is 0 Å². The van der Waals surface area contributed by atoms with Gasteiger partial charge >= 0.3 is 0 Å². The molecule has 5 nitrogen and oxygen atoms in total. The van der Waals surface area contributed by atoms with E-state index in [1.807, 2.05) is 6.07 Å². The maximum atomic E-state index is 11.3. The Morgan fingerprint density at radius 2 is 2.29 bits per heavy atom. The molecule has 1 aliphatic heterocycles. The number of carbonyl (C=O) groups is 1. The molecule has 114 valence electrons. The number of nitrogens with zero attached hydrogens (tertiary/aromatic N) is 2. The summed E-state index contributed by atoms with van der Waals surface area (Å²) in [6.45, 7) is 0.849. The van der Waals surface area contributed by atoms with Crippen LogP contribution >= 0.6 is 11.6 Å². The number of hydrogen-bond donors (Lipinski definition) is 1. The number of fused-ring (bicyclic) bond motifs is 1. The van der Waals surface area contributed by atoms with Crippen molar-refractivity contribution >= 4 is 17.5 Å². The zero-order chi connectivity index (χ0) is 15.0. The number of nitrogens with one attached hydrogen (secondary N) is 1. The number of hydrogen-bond acceptors (Lipinski definition) is 4. The molecule has 0 spiro atoms. The Balaban J connectivity index is 1.78. The first kappa shape index (κ1) is 14.6. The van der Waals surface area contributed by atoms with Crippen LogP contribution in [0.4, 0.5) is 0 Å². The molecule has 0 aromatic carbocycles. The molecule has 0 radical (unpaired) electrons. The quantitative estimate of drug-likeness (QED) is 0.864. The number of rotatable bonds is 4. The van der Waals surface area contributed by atoms with Crippen molar-refractivity contribution in [3.63, 3.8) is 0 Å². The van der Waals surface area contributed by atoms with Crippen molar-refractivity contribution in [3.05, 3.63) is 22.3 Å². The Labute approximate surface area is 129 Å². The van der Waals surface area contributed by atoms with Gasteiger partial charge in [-0.1, -0.05) is 11.6 Å². The second-order valence-electron chi connectivity index (χ2n) is 5.82. The van der Waals surface area contributed by atoms with Gasteiger partial charge < -0.3 is 10.1 Å². The average Bonchev–Trinajstić information content (AvgIpc) is 3.04. The molecule has 6 heteroatoms. The summed E-state index contributed by atoms with van der Waals surface area (Å²) in [5.41, 5.74) is 2.37. The van der Waals surface area contributed by atoms with E-state index >= 15 is 0 Å². The number of carbonyl (C=O) groups excluding carboxylic acids is 1. The van der Waals surface area contributed by atoms with E-state index in [0.29, 0.717) is 17.5 Å². The predicted molar refractivity (Wildman–Crippen MR) is 80.7 cm³/mol. The third kappa shape index (κ3) is 2.85. The van der Waals surface area contributed by atoms with Crippen molar-refractivity contribution in [1.29, 1.82) is 0 Å².